The quantitative estimate of drug-likeness (QED) is 0.825. The van der Waals surface area contributed by atoms with Crippen molar-refractivity contribution in [2.75, 3.05) is 31.5 Å². The van der Waals surface area contributed by atoms with Crippen molar-refractivity contribution in [3.05, 3.63) is 12.4 Å². The highest BCUT2D eigenvalue weighted by molar-refractivity contribution is 5.73. The predicted molar refractivity (Wildman–Crippen MR) is 96.2 cm³/mol. The third kappa shape index (κ3) is 3.69. The Hall–Kier alpha value is -1.69. The summed E-state index contributed by atoms with van der Waals surface area (Å²) in [6.07, 6.45) is 14.4. The molecule has 6 heteroatoms. The molecule has 0 aromatic carbocycles. The van der Waals surface area contributed by atoms with Crippen LogP contribution in [0, 0.1) is 0 Å². The van der Waals surface area contributed by atoms with E-state index in [1.165, 1.54) is 64.6 Å². The van der Waals surface area contributed by atoms with E-state index in [1.54, 1.807) is 0 Å². The van der Waals surface area contributed by atoms with Gasteiger partial charge in [-0.3, -0.25) is 4.68 Å². The van der Waals surface area contributed by atoms with Gasteiger partial charge in [-0.2, -0.15) is 10.1 Å². The average molecular weight is 328 g/mol. The van der Waals surface area contributed by atoms with E-state index < -0.39 is 0 Å². The van der Waals surface area contributed by atoms with Gasteiger partial charge >= 0.3 is 0 Å². The Bertz CT molecular complexity index is 655. The number of nitrogens with one attached hydrogen (secondary N) is 1. The minimum atomic E-state index is 0.556. The lowest BCUT2D eigenvalue weighted by atomic mass is 10.1. The molecule has 2 fully saturated rings. The second-order valence-electron chi connectivity index (χ2n) is 7.20. The van der Waals surface area contributed by atoms with Crippen LogP contribution < -0.4 is 5.32 Å². The van der Waals surface area contributed by atoms with Gasteiger partial charge in [-0.15, -0.1) is 0 Å². The van der Waals surface area contributed by atoms with Crippen LogP contribution in [0.25, 0.3) is 11.0 Å². The first-order valence-electron chi connectivity index (χ1n) is 9.57. The molecule has 2 aromatic rings. The van der Waals surface area contributed by atoms with Crippen LogP contribution in [-0.2, 0) is 0 Å². The normalized spacial score (nSPS) is 20.0. The number of aromatic nitrogens is 4. The summed E-state index contributed by atoms with van der Waals surface area (Å²) in [6.45, 7) is 4.62. The number of anilines is 1. The van der Waals surface area contributed by atoms with Gasteiger partial charge < -0.3 is 10.2 Å². The highest BCUT2D eigenvalue weighted by atomic mass is 15.3. The van der Waals surface area contributed by atoms with Crippen LogP contribution in [0.15, 0.2) is 12.4 Å². The molecule has 130 valence electrons. The SMILES string of the molecule is c1nc(NCCCN2CCCCC2)nc2nn(C3CCCC3)cc12. The molecule has 1 N–H and O–H groups in total. The van der Waals surface area contributed by atoms with E-state index in [2.05, 4.69) is 36.2 Å². The van der Waals surface area contributed by atoms with Gasteiger partial charge in [0.1, 0.15) is 0 Å². The Morgan fingerprint density at radius 1 is 1.08 bits per heavy atom. The summed E-state index contributed by atoms with van der Waals surface area (Å²) in [5.74, 6) is 0.706. The minimum Gasteiger partial charge on any atom is -0.354 e. The molecule has 1 saturated heterocycles. The number of fused-ring (bicyclic) bond motifs is 1. The van der Waals surface area contributed by atoms with Gasteiger partial charge in [0, 0.05) is 18.9 Å². The molecule has 24 heavy (non-hydrogen) atoms. The summed E-state index contributed by atoms with van der Waals surface area (Å²) in [6, 6.07) is 0.556. The van der Waals surface area contributed by atoms with Crippen molar-refractivity contribution in [1.29, 1.82) is 0 Å². The van der Waals surface area contributed by atoms with E-state index in [-0.39, 0.29) is 0 Å². The van der Waals surface area contributed by atoms with Gasteiger partial charge in [-0.05, 0) is 51.7 Å². The third-order valence-electron chi connectivity index (χ3n) is 5.36. The van der Waals surface area contributed by atoms with Crippen LogP contribution in [0.2, 0.25) is 0 Å². The number of hydrogen-bond acceptors (Lipinski definition) is 5. The van der Waals surface area contributed by atoms with Crippen LogP contribution in [0.3, 0.4) is 0 Å². The van der Waals surface area contributed by atoms with Crippen LogP contribution in [-0.4, -0.2) is 50.8 Å². The molecular weight excluding hydrogens is 300 g/mol. The second kappa shape index (κ2) is 7.47. The summed E-state index contributed by atoms with van der Waals surface area (Å²) >= 11 is 0. The van der Waals surface area contributed by atoms with Crippen LogP contribution in [0.4, 0.5) is 5.95 Å². The van der Waals surface area contributed by atoms with Gasteiger partial charge in [0.15, 0.2) is 5.65 Å². The molecule has 1 aliphatic carbocycles. The van der Waals surface area contributed by atoms with Crippen molar-refractivity contribution < 1.29 is 0 Å². The number of likely N-dealkylation sites (tertiary alicyclic amines) is 1. The average Bonchev–Trinajstić information content (AvgIpc) is 3.28. The van der Waals surface area contributed by atoms with Gasteiger partial charge in [0.2, 0.25) is 5.95 Å². The van der Waals surface area contributed by atoms with Gasteiger partial charge in [0.25, 0.3) is 0 Å². The molecule has 0 amide bonds. The third-order valence-corrected chi connectivity index (χ3v) is 5.36. The molecule has 2 aliphatic rings. The van der Waals surface area contributed by atoms with Crippen molar-refractivity contribution in [1.82, 2.24) is 24.6 Å². The maximum Gasteiger partial charge on any atom is 0.224 e. The van der Waals surface area contributed by atoms with E-state index in [1.807, 2.05) is 6.20 Å². The Labute approximate surface area is 143 Å². The zero-order chi connectivity index (χ0) is 16.2. The fourth-order valence-corrected chi connectivity index (χ4v) is 3.96. The minimum absolute atomic E-state index is 0.556. The molecule has 0 unspecified atom stereocenters. The lowest BCUT2D eigenvalue weighted by molar-refractivity contribution is 0.228. The number of rotatable bonds is 6. The molecule has 3 heterocycles. The molecular formula is C18H28N6. The predicted octanol–water partition coefficient (Wildman–Crippen LogP) is 3.23. The van der Waals surface area contributed by atoms with Crippen molar-refractivity contribution in [3.8, 4) is 0 Å². The number of nitrogens with zero attached hydrogens (tertiary/aromatic N) is 5. The molecule has 0 spiro atoms. The van der Waals surface area contributed by atoms with Gasteiger partial charge in [0.05, 0.1) is 11.4 Å². The van der Waals surface area contributed by atoms with Gasteiger partial charge in [-0.25, -0.2) is 4.98 Å². The highest BCUT2D eigenvalue weighted by Gasteiger charge is 2.18. The monoisotopic (exact) mass is 328 g/mol. The van der Waals surface area contributed by atoms with Crippen molar-refractivity contribution in [3.63, 3.8) is 0 Å². The first-order chi connectivity index (χ1) is 11.9. The summed E-state index contributed by atoms with van der Waals surface area (Å²) in [4.78, 5) is 11.6. The van der Waals surface area contributed by atoms with Crippen LogP contribution >= 0.6 is 0 Å². The van der Waals surface area contributed by atoms with E-state index in [9.17, 15) is 0 Å². The maximum atomic E-state index is 4.67. The fraction of sp³-hybridized carbons (Fsp3) is 0.722. The summed E-state index contributed by atoms with van der Waals surface area (Å²) in [5.41, 5.74) is 0.815. The zero-order valence-electron chi connectivity index (χ0n) is 14.5. The maximum absolute atomic E-state index is 4.67. The second-order valence-corrected chi connectivity index (χ2v) is 7.20. The number of piperidine rings is 1. The van der Waals surface area contributed by atoms with E-state index in [0.717, 1.165) is 24.0 Å². The standard InChI is InChI=1S/C18H28N6/c1-4-10-23(11-5-1)12-6-9-19-18-20-13-15-14-24(22-17(15)21-18)16-7-2-3-8-16/h13-14,16H,1-12H2,(H,19,21,22). The molecule has 6 nitrogen and oxygen atoms in total. The Morgan fingerprint density at radius 3 is 2.75 bits per heavy atom. The Balaban J connectivity index is 1.31. The van der Waals surface area contributed by atoms with Gasteiger partial charge in [-0.1, -0.05) is 19.3 Å². The largest absolute Gasteiger partial charge is 0.354 e. The first kappa shape index (κ1) is 15.8. The summed E-state index contributed by atoms with van der Waals surface area (Å²) in [7, 11) is 0. The lowest BCUT2D eigenvalue weighted by Crippen LogP contribution is -2.31. The van der Waals surface area contributed by atoms with E-state index >= 15 is 0 Å². The van der Waals surface area contributed by atoms with Crippen molar-refractivity contribution in [2.24, 2.45) is 0 Å². The van der Waals surface area contributed by atoms with Crippen LogP contribution in [0.1, 0.15) is 57.4 Å². The Morgan fingerprint density at radius 2 is 1.92 bits per heavy atom. The zero-order valence-corrected chi connectivity index (χ0v) is 14.5. The molecule has 0 atom stereocenters. The topological polar surface area (TPSA) is 58.9 Å². The molecule has 4 rings (SSSR count). The Kier molecular flexibility index (Phi) is 4.92. The summed E-state index contributed by atoms with van der Waals surface area (Å²) in [5, 5.41) is 9.07. The smallest absolute Gasteiger partial charge is 0.224 e. The molecule has 0 bridgehead atoms. The number of hydrogen-bond donors (Lipinski definition) is 1. The molecule has 0 radical (unpaired) electrons. The fourth-order valence-electron chi connectivity index (χ4n) is 3.96. The van der Waals surface area contributed by atoms with Crippen LogP contribution in [0.5, 0.6) is 0 Å². The first-order valence-corrected chi connectivity index (χ1v) is 9.57. The molecule has 2 aromatic heterocycles. The van der Waals surface area contributed by atoms with E-state index in [4.69, 9.17) is 0 Å². The van der Waals surface area contributed by atoms with E-state index in [0.29, 0.717) is 12.0 Å². The molecule has 1 saturated carbocycles. The molecule has 1 aliphatic heterocycles. The summed E-state index contributed by atoms with van der Waals surface area (Å²) < 4.78 is 2.10. The van der Waals surface area contributed by atoms with Crippen molar-refractivity contribution in [2.45, 2.75) is 57.4 Å². The van der Waals surface area contributed by atoms with Crippen molar-refractivity contribution >= 4 is 17.0 Å². The lowest BCUT2D eigenvalue weighted by Gasteiger charge is -2.26. The highest BCUT2D eigenvalue weighted by Crippen LogP contribution is 2.29.